The Labute approximate surface area is 122 Å². The molecule has 0 radical (unpaired) electrons. The molecule has 110 valence electrons. The fourth-order valence-electron chi connectivity index (χ4n) is 2.87. The summed E-state index contributed by atoms with van der Waals surface area (Å²) in [7, 11) is 0. The molecule has 0 aliphatic heterocycles. The molecule has 4 nitrogen and oxygen atoms in total. The Morgan fingerprint density at radius 2 is 2.00 bits per heavy atom. The van der Waals surface area contributed by atoms with E-state index in [1.54, 1.807) is 6.92 Å². The molecule has 1 aromatic carbocycles. The van der Waals surface area contributed by atoms with Crippen LogP contribution in [-0.2, 0) is 17.6 Å². The van der Waals surface area contributed by atoms with Crippen LogP contribution in [0.25, 0.3) is 11.0 Å². The highest BCUT2D eigenvalue weighted by molar-refractivity contribution is 5.89. The molecular formula is C17H18O4. The number of carbonyl (C=O) groups is 1. The van der Waals surface area contributed by atoms with Gasteiger partial charge in [0.15, 0.2) is 11.9 Å². The van der Waals surface area contributed by atoms with E-state index in [4.69, 9.17) is 9.15 Å². The van der Waals surface area contributed by atoms with E-state index < -0.39 is 6.10 Å². The van der Waals surface area contributed by atoms with Gasteiger partial charge in [-0.2, -0.15) is 0 Å². The van der Waals surface area contributed by atoms with E-state index in [0.29, 0.717) is 11.3 Å². The number of benzene rings is 1. The van der Waals surface area contributed by atoms with Crippen molar-refractivity contribution in [2.45, 2.75) is 46.1 Å². The van der Waals surface area contributed by atoms with Crippen molar-refractivity contribution in [1.82, 2.24) is 0 Å². The molecule has 0 N–H and O–H groups in total. The van der Waals surface area contributed by atoms with Gasteiger partial charge in [-0.1, -0.05) is 0 Å². The first-order chi connectivity index (χ1) is 9.97. The van der Waals surface area contributed by atoms with Gasteiger partial charge in [0.05, 0.1) is 5.39 Å². The van der Waals surface area contributed by atoms with Crippen molar-refractivity contribution in [3.8, 4) is 5.75 Å². The van der Waals surface area contributed by atoms with Crippen molar-refractivity contribution in [2.75, 3.05) is 0 Å². The van der Waals surface area contributed by atoms with Crippen molar-refractivity contribution in [3.63, 3.8) is 0 Å². The fraction of sp³-hybridized carbons (Fsp3) is 0.412. The van der Waals surface area contributed by atoms with E-state index in [2.05, 4.69) is 0 Å². The number of rotatable bonds is 3. The Bertz CT molecular complexity index is 785. The first-order valence-electron chi connectivity index (χ1n) is 7.23. The molecule has 1 aliphatic rings. The third kappa shape index (κ3) is 2.35. The number of fused-ring (bicyclic) bond motifs is 3. The van der Waals surface area contributed by atoms with Gasteiger partial charge < -0.3 is 9.15 Å². The van der Waals surface area contributed by atoms with E-state index in [9.17, 15) is 9.59 Å². The van der Waals surface area contributed by atoms with Crippen LogP contribution >= 0.6 is 0 Å². The zero-order valence-electron chi connectivity index (χ0n) is 12.5. The largest absolute Gasteiger partial charge is 0.482 e. The number of aryl methyl sites for hydroxylation is 2. The van der Waals surface area contributed by atoms with Crippen LogP contribution in [0.2, 0.25) is 0 Å². The van der Waals surface area contributed by atoms with Gasteiger partial charge in [-0.25, -0.2) is 4.79 Å². The Kier molecular flexibility index (Phi) is 3.32. The van der Waals surface area contributed by atoms with Gasteiger partial charge in [0, 0.05) is 5.56 Å². The summed E-state index contributed by atoms with van der Waals surface area (Å²) in [5.74, 6) is 0.605. The third-order valence-electron chi connectivity index (χ3n) is 4.06. The van der Waals surface area contributed by atoms with Crippen LogP contribution < -0.4 is 10.4 Å². The molecule has 0 saturated heterocycles. The van der Waals surface area contributed by atoms with Gasteiger partial charge in [0.25, 0.3) is 0 Å². The second kappa shape index (κ2) is 5.02. The Balaban J connectivity index is 2.26. The molecule has 3 rings (SSSR count). The predicted octanol–water partition coefficient (Wildman–Crippen LogP) is 2.95. The smallest absolute Gasteiger partial charge is 0.339 e. The molecule has 0 fully saturated rings. The average molecular weight is 286 g/mol. The number of hydrogen-bond donors (Lipinski definition) is 0. The monoisotopic (exact) mass is 286 g/mol. The summed E-state index contributed by atoms with van der Waals surface area (Å²) in [6, 6.07) is 3.75. The molecule has 2 aromatic rings. The van der Waals surface area contributed by atoms with Crippen molar-refractivity contribution in [1.29, 1.82) is 0 Å². The second-order valence-corrected chi connectivity index (χ2v) is 5.71. The number of Topliss-reactive ketones (excluding diaryl/α,β-unsaturated/α-hetero) is 1. The highest BCUT2D eigenvalue weighted by Crippen LogP contribution is 2.35. The standard InChI is InChI=1S/C17H18O4/c1-9-7-14(20-11(3)10(2)18)16-12-5-4-6-13(12)17(19)21-15(16)8-9/h7-8,11H,4-6H2,1-3H3. The minimum atomic E-state index is -0.515. The summed E-state index contributed by atoms with van der Waals surface area (Å²) < 4.78 is 11.3. The van der Waals surface area contributed by atoms with Crippen molar-refractivity contribution < 1.29 is 13.9 Å². The highest BCUT2D eigenvalue weighted by atomic mass is 16.5. The van der Waals surface area contributed by atoms with E-state index in [1.807, 2.05) is 19.1 Å². The van der Waals surface area contributed by atoms with Crippen LogP contribution in [0.5, 0.6) is 5.75 Å². The molecule has 1 unspecified atom stereocenters. The third-order valence-corrected chi connectivity index (χ3v) is 4.06. The lowest BCUT2D eigenvalue weighted by molar-refractivity contribution is -0.122. The van der Waals surface area contributed by atoms with Gasteiger partial charge >= 0.3 is 5.63 Å². The SMILES string of the molecule is CC(=O)C(C)Oc1cc(C)cc2oc(=O)c3c(c12)CCC3. The predicted molar refractivity (Wildman–Crippen MR) is 80.0 cm³/mol. The van der Waals surface area contributed by atoms with Crippen LogP contribution in [0.3, 0.4) is 0 Å². The molecule has 4 heteroatoms. The molecular weight excluding hydrogens is 268 g/mol. The zero-order valence-corrected chi connectivity index (χ0v) is 12.5. The van der Waals surface area contributed by atoms with Crippen molar-refractivity contribution in [2.24, 2.45) is 0 Å². The number of carbonyl (C=O) groups excluding carboxylic acids is 1. The van der Waals surface area contributed by atoms with Gasteiger partial charge in [0.1, 0.15) is 11.3 Å². The van der Waals surface area contributed by atoms with E-state index in [0.717, 1.165) is 41.3 Å². The van der Waals surface area contributed by atoms with Crippen molar-refractivity contribution in [3.05, 3.63) is 39.2 Å². The molecule has 1 atom stereocenters. The topological polar surface area (TPSA) is 56.5 Å². The summed E-state index contributed by atoms with van der Waals surface area (Å²) in [5.41, 5.74) is 3.02. The van der Waals surface area contributed by atoms with Gasteiger partial charge in [-0.15, -0.1) is 0 Å². The maximum Gasteiger partial charge on any atom is 0.339 e. The molecule has 21 heavy (non-hydrogen) atoms. The Hall–Kier alpha value is -2.10. The number of hydrogen-bond acceptors (Lipinski definition) is 4. The summed E-state index contributed by atoms with van der Waals surface area (Å²) in [5, 5.41) is 0.848. The molecule has 0 saturated carbocycles. The molecule has 0 bridgehead atoms. The zero-order chi connectivity index (χ0) is 15.1. The van der Waals surface area contributed by atoms with E-state index in [-0.39, 0.29) is 11.4 Å². The van der Waals surface area contributed by atoms with Crippen molar-refractivity contribution >= 4 is 16.8 Å². The van der Waals surface area contributed by atoms with Crippen LogP contribution in [0.15, 0.2) is 21.3 Å². The first-order valence-corrected chi connectivity index (χ1v) is 7.23. The first kappa shape index (κ1) is 13.9. The maximum absolute atomic E-state index is 12.0. The molecule has 1 heterocycles. The second-order valence-electron chi connectivity index (χ2n) is 5.71. The van der Waals surface area contributed by atoms with Gasteiger partial charge in [0.2, 0.25) is 0 Å². The van der Waals surface area contributed by atoms with E-state index in [1.165, 1.54) is 6.92 Å². The average Bonchev–Trinajstić information content (AvgIpc) is 2.87. The molecule has 0 spiro atoms. The van der Waals surface area contributed by atoms with Crippen LogP contribution in [0.1, 0.15) is 37.0 Å². The lowest BCUT2D eigenvalue weighted by Crippen LogP contribution is -2.21. The van der Waals surface area contributed by atoms with Gasteiger partial charge in [-0.3, -0.25) is 4.79 Å². The minimum absolute atomic E-state index is 0.0290. The Morgan fingerprint density at radius 3 is 2.71 bits per heavy atom. The highest BCUT2D eigenvalue weighted by Gasteiger charge is 2.23. The number of ether oxygens (including phenoxy) is 1. The summed E-state index contributed by atoms with van der Waals surface area (Å²) >= 11 is 0. The molecule has 1 aromatic heterocycles. The summed E-state index contributed by atoms with van der Waals surface area (Å²) in [6.07, 6.45) is 2.04. The lowest BCUT2D eigenvalue weighted by Gasteiger charge is -2.16. The summed E-state index contributed by atoms with van der Waals surface area (Å²) in [6.45, 7) is 5.15. The fourth-order valence-corrected chi connectivity index (χ4v) is 2.87. The number of ketones is 1. The Morgan fingerprint density at radius 1 is 1.29 bits per heavy atom. The lowest BCUT2D eigenvalue weighted by atomic mass is 10.0. The normalized spacial score (nSPS) is 15.0. The summed E-state index contributed by atoms with van der Waals surface area (Å²) in [4.78, 5) is 23.5. The quantitative estimate of drug-likeness (QED) is 0.814. The van der Waals surface area contributed by atoms with Crippen LogP contribution in [0, 0.1) is 6.92 Å². The molecule has 1 aliphatic carbocycles. The van der Waals surface area contributed by atoms with Crippen LogP contribution in [0.4, 0.5) is 0 Å². The molecule has 0 amide bonds. The van der Waals surface area contributed by atoms with E-state index >= 15 is 0 Å². The van der Waals surface area contributed by atoms with Gasteiger partial charge in [-0.05, 0) is 63.3 Å². The van der Waals surface area contributed by atoms with Crippen LogP contribution in [-0.4, -0.2) is 11.9 Å². The minimum Gasteiger partial charge on any atom is -0.482 e. The maximum atomic E-state index is 12.0.